The van der Waals surface area contributed by atoms with Gasteiger partial charge in [-0.05, 0) is 27.7 Å². The molecule has 104 valence electrons. The minimum absolute atomic E-state index is 0.0227. The van der Waals surface area contributed by atoms with Crippen molar-refractivity contribution in [1.29, 1.82) is 0 Å². The molecule has 0 aromatic rings. The Bertz CT molecular complexity index is 306. The van der Waals surface area contributed by atoms with Gasteiger partial charge in [0.1, 0.15) is 0 Å². The van der Waals surface area contributed by atoms with Crippen LogP contribution in [-0.2, 0) is 14.8 Å². The summed E-state index contributed by atoms with van der Waals surface area (Å²) in [5.41, 5.74) is -1.03. The van der Waals surface area contributed by atoms with E-state index in [1.54, 1.807) is 20.8 Å². The second kappa shape index (κ2) is 6.68. The molecule has 0 aliphatic rings. The molecule has 0 unspecified atom stereocenters. The summed E-state index contributed by atoms with van der Waals surface area (Å²) in [4.78, 5) is 0. The Labute approximate surface area is 105 Å². The van der Waals surface area contributed by atoms with E-state index in [4.69, 9.17) is 4.74 Å². The second-order valence-corrected chi connectivity index (χ2v) is 7.06. The van der Waals surface area contributed by atoms with Gasteiger partial charge < -0.3 is 9.84 Å². The Morgan fingerprint density at radius 2 is 1.88 bits per heavy atom. The monoisotopic (exact) mass is 267 g/mol. The van der Waals surface area contributed by atoms with Crippen LogP contribution in [0.5, 0.6) is 0 Å². The topological polar surface area (TPSA) is 66.8 Å². The molecule has 0 radical (unpaired) electrons. The maximum Gasteiger partial charge on any atom is 0.216 e. The van der Waals surface area contributed by atoms with Crippen LogP contribution < -0.4 is 0 Å². The summed E-state index contributed by atoms with van der Waals surface area (Å²) in [5, 5.41) is 9.66. The van der Waals surface area contributed by atoms with E-state index in [-0.39, 0.29) is 25.0 Å². The quantitative estimate of drug-likeness (QED) is 0.707. The number of hydrogen-bond acceptors (Lipinski definition) is 4. The maximum absolute atomic E-state index is 12.0. The molecule has 17 heavy (non-hydrogen) atoms. The van der Waals surface area contributed by atoms with Crippen molar-refractivity contribution in [1.82, 2.24) is 4.31 Å². The van der Waals surface area contributed by atoms with Gasteiger partial charge in [0.25, 0.3) is 0 Å². The van der Waals surface area contributed by atoms with E-state index in [1.165, 1.54) is 4.31 Å². The smallest absolute Gasteiger partial charge is 0.216 e. The van der Waals surface area contributed by atoms with E-state index in [9.17, 15) is 13.5 Å². The molecule has 6 heteroatoms. The van der Waals surface area contributed by atoms with Crippen LogP contribution >= 0.6 is 0 Å². The van der Waals surface area contributed by atoms with Gasteiger partial charge in [-0.25, -0.2) is 8.42 Å². The highest BCUT2D eigenvalue weighted by Crippen LogP contribution is 2.10. The molecule has 0 aliphatic heterocycles. The summed E-state index contributed by atoms with van der Waals surface area (Å²) < 4.78 is 30.4. The molecule has 0 amide bonds. The fraction of sp³-hybridized carbons (Fsp3) is 1.00. The molecule has 0 heterocycles. The third kappa shape index (κ3) is 7.70. The third-order valence-electron chi connectivity index (χ3n) is 2.10. The number of rotatable bonds is 8. The Hall–Kier alpha value is -0.170. The molecule has 0 rings (SSSR count). The number of nitrogens with zero attached hydrogens (tertiary/aromatic N) is 1. The van der Waals surface area contributed by atoms with Gasteiger partial charge in [-0.1, -0.05) is 6.92 Å². The lowest BCUT2D eigenvalue weighted by atomic mass is 10.1. The average Bonchev–Trinajstić information content (AvgIpc) is 2.11. The van der Waals surface area contributed by atoms with Crippen LogP contribution in [0, 0.1) is 0 Å². The van der Waals surface area contributed by atoms with Crippen molar-refractivity contribution >= 4 is 10.0 Å². The molecule has 0 saturated carbocycles. The minimum Gasteiger partial charge on any atom is -0.389 e. The van der Waals surface area contributed by atoms with Crippen molar-refractivity contribution in [3.8, 4) is 0 Å². The molecule has 0 spiro atoms. The van der Waals surface area contributed by atoms with Crippen LogP contribution in [0.3, 0.4) is 0 Å². The van der Waals surface area contributed by atoms with Crippen molar-refractivity contribution in [2.45, 2.75) is 46.3 Å². The summed E-state index contributed by atoms with van der Waals surface area (Å²) in [6, 6.07) is 0. The predicted molar refractivity (Wildman–Crippen MR) is 68.4 cm³/mol. The zero-order valence-corrected chi connectivity index (χ0v) is 12.2. The predicted octanol–water partition coefficient (Wildman–Crippen LogP) is 0.834. The van der Waals surface area contributed by atoms with Gasteiger partial charge in [0.15, 0.2) is 0 Å². The number of aliphatic hydroxyl groups is 1. The van der Waals surface area contributed by atoms with E-state index >= 15 is 0 Å². The van der Waals surface area contributed by atoms with Gasteiger partial charge >= 0.3 is 0 Å². The lowest BCUT2D eigenvalue weighted by Crippen LogP contribution is -2.43. The molecule has 0 bridgehead atoms. The highest BCUT2D eigenvalue weighted by molar-refractivity contribution is 7.89. The van der Waals surface area contributed by atoms with Crippen LogP contribution in [-0.4, -0.2) is 55.0 Å². The van der Waals surface area contributed by atoms with E-state index in [0.717, 1.165) is 0 Å². The largest absolute Gasteiger partial charge is 0.389 e. The van der Waals surface area contributed by atoms with Crippen LogP contribution in [0.2, 0.25) is 0 Å². The molecule has 0 saturated heterocycles. The first-order chi connectivity index (χ1) is 7.58. The van der Waals surface area contributed by atoms with Crippen molar-refractivity contribution in [3.05, 3.63) is 0 Å². The number of sulfonamides is 1. The number of hydrogen-bond donors (Lipinski definition) is 1. The van der Waals surface area contributed by atoms with Gasteiger partial charge in [0, 0.05) is 13.1 Å². The van der Waals surface area contributed by atoms with Crippen molar-refractivity contribution in [2.75, 3.05) is 25.4 Å². The summed E-state index contributed by atoms with van der Waals surface area (Å²) in [6.07, 6.45) is 0.0227. The van der Waals surface area contributed by atoms with Gasteiger partial charge in [0.05, 0.1) is 24.1 Å². The Balaban J connectivity index is 4.44. The van der Waals surface area contributed by atoms with Gasteiger partial charge in [-0.15, -0.1) is 0 Å². The summed E-state index contributed by atoms with van der Waals surface area (Å²) in [6.45, 7) is 9.31. The highest BCUT2D eigenvalue weighted by Gasteiger charge is 2.26. The standard InChI is InChI=1S/C11H25NO4S/c1-6-12(9-11(4,5)13)17(14,15)8-7-16-10(2)3/h10,13H,6-9H2,1-5H3. The number of ether oxygens (including phenoxy) is 1. The van der Waals surface area contributed by atoms with Crippen LogP contribution in [0.4, 0.5) is 0 Å². The minimum atomic E-state index is -3.35. The fourth-order valence-corrected chi connectivity index (χ4v) is 2.83. The first kappa shape index (κ1) is 16.8. The summed E-state index contributed by atoms with van der Waals surface area (Å²) >= 11 is 0. The molecule has 0 atom stereocenters. The van der Waals surface area contributed by atoms with Crippen LogP contribution in [0.1, 0.15) is 34.6 Å². The lowest BCUT2D eigenvalue weighted by molar-refractivity contribution is 0.0591. The van der Waals surface area contributed by atoms with Crippen molar-refractivity contribution in [2.24, 2.45) is 0 Å². The zero-order valence-electron chi connectivity index (χ0n) is 11.4. The second-order valence-electron chi connectivity index (χ2n) is 4.97. The molecule has 0 aromatic carbocycles. The maximum atomic E-state index is 12.0. The van der Waals surface area contributed by atoms with E-state index in [2.05, 4.69) is 0 Å². The molecule has 0 fully saturated rings. The molecular weight excluding hydrogens is 242 g/mol. The SMILES string of the molecule is CCN(CC(C)(C)O)S(=O)(=O)CCOC(C)C. The van der Waals surface area contributed by atoms with Gasteiger partial charge in [-0.3, -0.25) is 0 Å². The first-order valence-electron chi connectivity index (χ1n) is 5.90. The first-order valence-corrected chi connectivity index (χ1v) is 7.51. The van der Waals surface area contributed by atoms with Crippen LogP contribution in [0.15, 0.2) is 0 Å². The average molecular weight is 267 g/mol. The third-order valence-corrected chi connectivity index (χ3v) is 3.96. The van der Waals surface area contributed by atoms with Crippen molar-refractivity contribution in [3.63, 3.8) is 0 Å². The lowest BCUT2D eigenvalue weighted by Gasteiger charge is -2.27. The normalized spacial score (nSPS) is 13.6. The molecular formula is C11H25NO4S. The number of likely N-dealkylation sites (N-methyl/N-ethyl adjacent to an activating group) is 1. The summed E-state index contributed by atoms with van der Waals surface area (Å²) in [5.74, 6) is -0.0465. The summed E-state index contributed by atoms with van der Waals surface area (Å²) in [7, 11) is -3.35. The van der Waals surface area contributed by atoms with E-state index in [1.807, 2.05) is 13.8 Å². The Morgan fingerprint density at radius 1 is 1.35 bits per heavy atom. The molecule has 0 aromatic heterocycles. The fourth-order valence-electron chi connectivity index (χ4n) is 1.36. The van der Waals surface area contributed by atoms with Crippen LogP contribution in [0.25, 0.3) is 0 Å². The Morgan fingerprint density at radius 3 is 2.24 bits per heavy atom. The van der Waals surface area contributed by atoms with Crippen molar-refractivity contribution < 1.29 is 18.3 Å². The highest BCUT2D eigenvalue weighted by atomic mass is 32.2. The van der Waals surface area contributed by atoms with E-state index in [0.29, 0.717) is 6.54 Å². The van der Waals surface area contributed by atoms with Gasteiger partial charge in [0.2, 0.25) is 10.0 Å². The Kier molecular flexibility index (Phi) is 6.61. The van der Waals surface area contributed by atoms with E-state index < -0.39 is 15.6 Å². The molecule has 0 aliphatic carbocycles. The van der Waals surface area contributed by atoms with Gasteiger partial charge in [-0.2, -0.15) is 4.31 Å². The zero-order chi connectivity index (χ0) is 13.7. The molecule has 5 nitrogen and oxygen atoms in total. The molecule has 1 N–H and O–H groups in total.